The maximum Gasteiger partial charge on any atom is 0.265 e. The first-order valence-corrected chi connectivity index (χ1v) is 9.79. The molecule has 1 aromatic heterocycles. The molecule has 5 nitrogen and oxygen atoms in total. The van der Waals surface area contributed by atoms with Gasteiger partial charge in [0.2, 0.25) is 0 Å². The van der Waals surface area contributed by atoms with Gasteiger partial charge in [-0.2, -0.15) is 5.10 Å². The molecule has 0 spiro atoms. The summed E-state index contributed by atoms with van der Waals surface area (Å²) < 4.78 is 30.3. The third-order valence-electron chi connectivity index (χ3n) is 4.48. The van der Waals surface area contributed by atoms with E-state index < -0.39 is 10.0 Å². The molecule has 0 amide bonds. The highest BCUT2D eigenvalue weighted by Crippen LogP contribution is 2.29. The summed E-state index contributed by atoms with van der Waals surface area (Å²) in [6, 6.07) is 5.83. The Morgan fingerprint density at radius 3 is 2.42 bits per heavy atom. The number of sulfonamides is 1. The van der Waals surface area contributed by atoms with Crippen LogP contribution in [0.15, 0.2) is 23.1 Å². The van der Waals surface area contributed by atoms with Gasteiger partial charge in [0.25, 0.3) is 10.0 Å². The van der Waals surface area contributed by atoms with Gasteiger partial charge in [0.05, 0.1) is 16.9 Å². The van der Waals surface area contributed by atoms with Crippen LogP contribution < -0.4 is 4.72 Å². The molecule has 2 aromatic rings. The second-order valence-corrected chi connectivity index (χ2v) is 9.14. The van der Waals surface area contributed by atoms with E-state index in [0.29, 0.717) is 17.1 Å². The average Bonchev–Trinajstić information content (AvgIpc) is 3.01. The number of anilines is 1. The maximum atomic E-state index is 12.9. The zero-order valence-corrected chi connectivity index (χ0v) is 15.8. The molecule has 0 aliphatic heterocycles. The van der Waals surface area contributed by atoms with E-state index in [2.05, 4.69) is 9.82 Å². The van der Waals surface area contributed by atoms with Gasteiger partial charge in [-0.15, -0.1) is 0 Å². The number of nitrogens with zero attached hydrogens (tertiary/aromatic N) is 2. The van der Waals surface area contributed by atoms with Crippen molar-refractivity contribution in [2.75, 3.05) is 4.72 Å². The molecule has 0 saturated heterocycles. The first-order chi connectivity index (χ1) is 11.1. The summed E-state index contributed by atoms with van der Waals surface area (Å²) >= 11 is 0. The Labute approximate surface area is 144 Å². The molecule has 6 heteroatoms. The molecule has 24 heavy (non-hydrogen) atoms. The molecule has 3 rings (SSSR count). The van der Waals surface area contributed by atoms with Crippen LogP contribution in [-0.2, 0) is 28.4 Å². The first kappa shape index (κ1) is 17.0. The third-order valence-corrected chi connectivity index (χ3v) is 6.11. The molecule has 0 radical (unpaired) electrons. The molecule has 1 N–H and O–H groups in total. The van der Waals surface area contributed by atoms with Crippen molar-refractivity contribution in [3.63, 3.8) is 0 Å². The summed E-state index contributed by atoms with van der Waals surface area (Å²) in [4.78, 5) is 0.276. The predicted molar refractivity (Wildman–Crippen MR) is 96.0 cm³/mol. The number of benzene rings is 1. The molecular formula is C18H25N3O2S. The molecule has 0 saturated carbocycles. The van der Waals surface area contributed by atoms with E-state index in [4.69, 9.17) is 0 Å². The maximum absolute atomic E-state index is 12.9. The topological polar surface area (TPSA) is 64.0 Å². The predicted octanol–water partition coefficient (Wildman–Crippen LogP) is 3.54. The van der Waals surface area contributed by atoms with E-state index in [0.717, 1.165) is 19.3 Å². The zero-order chi connectivity index (χ0) is 17.7. The van der Waals surface area contributed by atoms with Gasteiger partial charge < -0.3 is 0 Å². The summed E-state index contributed by atoms with van der Waals surface area (Å²) in [6.07, 6.45) is 3.24. The van der Waals surface area contributed by atoms with Crippen LogP contribution in [0, 0.1) is 13.8 Å². The molecule has 1 aromatic carbocycles. The average molecular weight is 347 g/mol. The molecule has 0 bridgehead atoms. The molecule has 0 atom stereocenters. The molecule has 0 unspecified atom stereocenters. The molecule has 0 fully saturated rings. The minimum atomic E-state index is -3.66. The van der Waals surface area contributed by atoms with Crippen molar-refractivity contribution in [3.8, 4) is 0 Å². The highest BCUT2D eigenvalue weighted by molar-refractivity contribution is 7.92. The monoisotopic (exact) mass is 347 g/mol. The number of nitrogens with one attached hydrogen (secondary N) is 1. The summed E-state index contributed by atoms with van der Waals surface area (Å²) in [6.45, 7) is 9.58. The van der Waals surface area contributed by atoms with Crippen molar-refractivity contribution in [2.24, 2.45) is 0 Å². The highest BCUT2D eigenvalue weighted by atomic mass is 32.2. The Bertz CT molecular complexity index is 890. The van der Waals surface area contributed by atoms with E-state index >= 15 is 0 Å². The Balaban J connectivity index is 1.98. The van der Waals surface area contributed by atoms with Crippen LogP contribution in [0.2, 0.25) is 0 Å². The van der Waals surface area contributed by atoms with Gasteiger partial charge in [0.1, 0.15) is 4.90 Å². The van der Waals surface area contributed by atoms with Crippen molar-refractivity contribution < 1.29 is 8.42 Å². The number of hydrogen-bond donors (Lipinski definition) is 1. The van der Waals surface area contributed by atoms with Crippen LogP contribution in [0.3, 0.4) is 0 Å². The lowest BCUT2D eigenvalue weighted by Gasteiger charge is -2.21. The van der Waals surface area contributed by atoms with E-state index in [1.54, 1.807) is 11.6 Å². The van der Waals surface area contributed by atoms with Crippen molar-refractivity contribution >= 4 is 15.7 Å². The smallest absolute Gasteiger partial charge is 0.265 e. The molecule has 1 aliphatic carbocycles. The Hall–Kier alpha value is -1.82. The van der Waals surface area contributed by atoms with Crippen molar-refractivity contribution in [3.05, 3.63) is 40.7 Å². The van der Waals surface area contributed by atoms with Gasteiger partial charge >= 0.3 is 0 Å². The summed E-state index contributed by atoms with van der Waals surface area (Å²) in [7, 11) is -3.66. The fourth-order valence-electron chi connectivity index (χ4n) is 3.51. The lowest BCUT2D eigenvalue weighted by molar-refractivity contribution is 0.345. The van der Waals surface area contributed by atoms with Gasteiger partial charge in [-0.1, -0.05) is 6.07 Å². The second-order valence-electron chi connectivity index (χ2n) is 7.53. The number of rotatable bonds is 3. The van der Waals surface area contributed by atoms with Gasteiger partial charge in [0, 0.05) is 5.69 Å². The summed E-state index contributed by atoms with van der Waals surface area (Å²) in [5, 5.41) is 4.44. The van der Waals surface area contributed by atoms with Crippen LogP contribution in [0.1, 0.15) is 49.7 Å². The second kappa shape index (κ2) is 5.62. The largest absolute Gasteiger partial charge is 0.280 e. The number of fused-ring (bicyclic) bond motifs is 1. The van der Waals surface area contributed by atoms with Crippen molar-refractivity contribution in [1.29, 1.82) is 0 Å². The van der Waals surface area contributed by atoms with Crippen LogP contribution >= 0.6 is 0 Å². The van der Waals surface area contributed by atoms with E-state index in [1.807, 2.05) is 45.9 Å². The molecule has 130 valence electrons. The van der Waals surface area contributed by atoms with E-state index in [9.17, 15) is 8.42 Å². The fourth-order valence-corrected chi connectivity index (χ4v) is 4.96. The lowest BCUT2D eigenvalue weighted by atomic mass is 10.1. The minimum absolute atomic E-state index is 0.268. The summed E-state index contributed by atoms with van der Waals surface area (Å²) in [5.41, 5.74) is 4.11. The third kappa shape index (κ3) is 2.95. The number of aryl methyl sites for hydroxylation is 3. The summed E-state index contributed by atoms with van der Waals surface area (Å²) in [5.74, 6) is 0. The first-order valence-electron chi connectivity index (χ1n) is 8.31. The highest BCUT2D eigenvalue weighted by Gasteiger charge is 2.28. The van der Waals surface area contributed by atoms with Crippen LogP contribution in [-0.4, -0.2) is 18.2 Å². The van der Waals surface area contributed by atoms with Crippen LogP contribution in [0.5, 0.6) is 0 Å². The standard InChI is InChI=1S/C18H25N3O2S/c1-12-17(13(2)21(19-12)18(3,4)5)24(22,23)20-16-10-9-14-7-6-8-15(14)11-16/h9-11,20H,6-8H2,1-5H3. The Kier molecular flexibility index (Phi) is 3.98. The molecule has 1 heterocycles. The van der Waals surface area contributed by atoms with Crippen LogP contribution in [0.25, 0.3) is 0 Å². The minimum Gasteiger partial charge on any atom is -0.280 e. The number of hydrogen-bond acceptors (Lipinski definition) is 3. The van der Waals surface area contributed by atoms with Crippen LogP contribution in [0.4, 0.5) is 5.69 Å². The van der Waals surface area contributed by atoms with Crippen molar-refractivity contribution in [1.82, 2.24) is 9.78 Å². The normalized spacial score (nSPS) is 14.7. The van der Waals surface area contributed by atoms with E-state index in [-0.39, 0.29) is 10.4 Å². The van der Waals surface area contributed by atoms with Gasteiger partial charge in [-0.25, -0.2) is 8.42 Å². The SMILES string of the molecule is Cc1nn(C(C)(C)C)c(C)c1S(=O)(=O)Nc1ccc2c(c1)CCC2. The molecule has 1 aliphatic rings. The fraction of sp³-hybridized carbons (Fsp3) is 0.500. The van der Waals surface area contributed by atoms with Crippen molar-refractivity contribution in [2.45, 2.75) is 64.3 Å². The Morgan fingerprint density at radius 1 is 1.12 bits per heavy atom. The van der Waals surface area contributed by atoms with Gasteiger partial charge in [-0.3, -0.25) is 9.40 Å². The zero-order valence-electron chi connectivity index (χ0n) is 15.0. The molecular weight excluding hydrogens is 322 g/mol. The lowest BCUT2D eigenvalue weighted by Crippen LogP contribution is -2.25. The van der Waals surface area contributed by atoms with Gasteiger partial charge in [-0.05, 0) is 77.1 Å². The number of aromatic nitrogens is 2. The Morgan fingerprint density at radius 2 is 1.79 bits per heavy atom. The van der Waals surface area contributed by atoms with E-state index in [1.165, 1.54) is 11.1 Å². The quantitative estimate of drug-likeness (QED) is 0.923. The van der Waals surface area contributed by atoms with Gasteiger partial charge in [0.15, 0.2) is 0 Å².